The van der Waals surface area contributed by atoms with E-state index in [-0.39, 0.29) is 0 Å². The SMILES string of the molecule is C1=Cc2c(n(-c3cccc(-c4nc(-c5ccccc5)nc(-c5ccc(-c6ccccc6)cc5)n4)c3)c3ccc4c5ccccc5sc4c23)CC1. The summed E-state index contributed by atoms with van der Waals surface area (Å²) in [5, 5.41) is 3.99. The summed E-state index contributed by atoms with van der Waals surface area (Å²) in [6.45, 7) is 0. The van der Waals surface area contributed by atoms with Crippen LogP contribution in [0.4, 0.5) is 0 Å². The Morgan fingerprint density at radius 1 is 0.520 bits per heavy atom. The van der Waals surface area contributed by atoms with Gasteiger partial charge in [-0.3, -0.25) is 0 Å². The van der Waals surface area contributed by atoms with Crippen LogP contribution in [0, 0.1) is 0 Å². The van der Waals surface area contributed by atoms with Crippen molar-refractivity contribution in [3.63, 3.8) is 0 Å². The van der Waals surface area contributed by atoms with Crippen molar-refractivity contribution in [1.29, 1.82) is 0 Å². The number of allylic oxidation sites excluding steroid dienone is 1. The lowest BCUT2D eigenvalue weighted by Gasteiger charge is -2.14. The topological polar surface area (TPSA) is 43.6 Å². The average molecular weight is 659 g/mol. The standard InChI is InChI=1S/C45H30N4S/c1-3-12-29(13-4-1)30-22-24-32(25-23-30)44-46-43(31-14-5-2-6-15-31)47-45(48-44)33-16-11-17-34(28-33)49-38-20-9-7-19-37(38)41-39(49)27-26-36-35-18-8-10-21-40(35)50-42(36)41/h1-8,10-19,21-28H,9,20H2. The first-order valence-corrected chi connectivity index (χ1v) is 17.8. The molecule has 0 fully saturated rings. The Labute approximate surface area is 293 Å². The van der Waals surface area contributed by atoms with Gasteiger partial charge in [-0.1, -0.05) is 133 Å². The number of benzene rings is 6. The molecule has 0 amide bonds. The molecular weight excluding hydrogens is 629 g/mol. The van der Waals surface area contributed by atoms with Gasteiger partial charge in [0.1, 0.15) is 0 Å². The number of aromatic nitrogens is 4. The van der Waals surface area contributed by atoms with Gasteiger partial charge >= 0.3 is 0 Å². The fourth-order valence-corrected chi connectivity index (χ4v) is 8.61. The molecule has 50 heavy (non-hydrogen) atoms. The molecular formula is C45H30N4S. The average Bonchev–Trinajstić information content (AvgIpc) is 3.74. The maximum atomic E-state index is 5.10. The van der Waals surface area contributed by atoms with Gasteiger partial charge in [-0.2, -0.15) is 0 Å². The highest BCUT2D eigenvalue weighted by Gasteiger charge is 2.22. The maximum absolute atomic E-state index is 5.10. The molecule has 0 atom stereocenters. The van der Waals surface area contributed by atoms with Gasteiger partial charge in [0.25, 0.3) is 0 Å². The second-order valence-corrected chi connectivity index (χ2v) is 13.8. The number of fused-ring (bicyclic) bond motifs is 7. The third-order valence-corrected chi connectivity index (χ3v) is 10.9. The highest BCUT2D eigenvalue weighted by atomic mass is 32.1. The van der Waals surface area contributed by atoms with E-state index in [1.807, 2.05) is 35.6 Å². The monoisotopic (exact) mass is 658 g/mol. The lowest BCUT2D eigenvalue weighted by molar-refractivity contribution is 0.888. The fraction of sp³-hybridized carbons (Fsp3) is 0.0444. The van der Waals surface area contributed by atoms with Gasteiger partial charge in [-0.15, -0.1) is 11.3 Å². The van der Waals surface area contributed by atoms with E-state index in [1.165, 1.54) is 47.9 Å². The summed E-state index contributed by atoms with van der Waals surface area (Å²) < 4.78 is 5.14. The zero-order valence-electron chi connectivity index (χ0n) is 27.1. The summed E-state index contributed by atoms with van der Waals surface area (Å²) in [7, 11) is 0. The molecule has 1 aliphatic rings. The van der Waals surface area contributed by atoms with Crippen LogP contribution in [0.1, 0.15) is 17.7 Å². The third-order valence-electron chi connectivity index (χ3n) is 9.73. The minimum absolute atomic E-state index is 0.653. The van der Waals surface area contributed by atoms with E-state index in [0.717, 1.165) is 40.8 Å². The van der Waals surface area contributed by atoms with Crippen LogP contribution in [0.2, 0.25) is 0 Å². The van der Waals surface area contributed by atoms with Gasteiger partial charge in [0.05, 0.1) is 5.52 Å². The summed E-state index contributed by atoms with van der Waals surface area (Å²) in [6.07, 6.45) is 6.67. The van der Waals surface area contributed by atoms with E-state index >= 15 is 0 Å². The molecule has 3 heterocycles. The van der Waals surface area contributed by atoms with Crippen LogP contribution in [0.25, 0.3) is 88.1 Å². The van der Waals surface area contributed by atoms with Crippen LogP contribution in [-0.4, -0.2) is 19.5 Å². The van der Waals surface area contributed by atoms with Gasteiger partial charge in [-0.05, 0) is 48.2 Å². The Hall–Kier alpha value is -6.17. The molecule has 5 heteroatoms. The second-order valence-electron chi connectivity index (χ2n) is 12.7. The van der Waals surface area contributed by atoms with Crippen LogP contribution < -0.4 is 0 Å². The van der Waals surface area contributed by atoms with E-state index in [9.17, 15) is 0 Å². The van der Waals surface area contributed by atoms with Crippen LogP contribution in [-0.2, 0) is 6.42 Å². The molecule has 0 saturated carbocycles. The highest BCUT2D eigenvalue weighted by molar-refractivity contribution is 7.26. The molecule has 0 spiro atoms. The first kappa shape index (κ1) is 28.8. The van der Waals surface area contributed by atoms with E-state index < -0.39 is 0 Å². The lowest BCUT2D eigenvalue weighted by Crippen LogP contribution is -2.04. The zero-order chi connectivity index (χ0) is 33.0. The van der Waals surface area contributed by atoms with Crippen molar-refractivity contribution in [2.75, 3.05) is 0 Å². The molecule has 236 valence electrons. The summed E-state index contributed by atoms with van der Waals surface area (Å²) in [5.41, 5.74) is 10.2. The second kappa shape index (κ2) is 11.8. The Kier molecular flexibility index (Phi) is 6.78. The van der Waals surface area contributed by atoms with E-state index in [2.05, 4.69) is 138 Å². The van der Waals surface area contributed by atoms with Gasteiger partial charge in [0.2, 0.25) is 0 Å². The van der Waals surface area contributed by atoms with Gasteiger partial charge < -0.3 is 4.57 Å². The molecule has 0 N–H and O–H groups in total. The molecule has 10 rings (SSSR count). The van der Waals surface area contributed by atoms with E-state index in [4.69, 9.17) is 15.0 Å². The minimum atomic E-state index is 0.653. The molecule has 0 radical (unpaired) electrons. The lowest BCUT2D eigenvalue weighted by atomic mass is 10.0. The summed E-state index contributed by atoms with van der Waals surface area (Å²) in [6, 6.07) is 51.1. The van der Waals surface area contributed by atoms with Crippen molar-refractivity contribution in [1.82, 2.24) is 19.5 Å². The molecule has 4 nitrogen and oxygen atoms in total. The molecule has 1 aliphatic carbocycles. The minimum Gasteiger partial charge on any atom is -0.313 e. The van der Waals surface area contributed by atoms with Crippen molar-refractivity contribution in [2.24, 2.45) is 0 Å². The first-order valence-electron chi connectivity index (χ1n) is 17.0. The Bertz CT molecular complexity index is 2740. The Balaban J connectivity index is 1.13. The van der Waals surface area contributed by atoms with Crippen LogP contribution in [0.15, 0.2) is 152 Å². The molecule has 6 aromatic carbocycles. The molecule has 0 bridgehead atoms. The van der Waals surface area contributed by atoms with E-state index in [0.29, 0.717) is 17.5 Å². The Morgan fingerprint density at radius 2 is 1.14 bits per heavy atom. The van der Waals surface area contributed by atoms with Crippen LogP contribution in [0.3, 0.4) is 0 Å². The maximum Gasteiger partial charge on any atom is 0.164 e. The third kappa shape index (κ3) is 4.78. The first-order chi connectivity index (χ1) is 24.8. The number of rotatable bonds is 5. The van der Waals surface area contributed by atoms with Crippen molar-refractivity contribution in [3.8, 4) is 51.0 Å². The fourth-order valence-electron chi connectivity index (χ4n) is 7.35. The molecule has 3 aromatic heterocycles. The quantitative estimate of drug-likeness (QED) is 0.185. The normalized spacial score (nSPS) is 12.6. The zero-order valence-corrected chi connectivity index (χ0v) is 27.9. The predicted octanol–water partition coefficient (Wildman–Crippen LogP) is 11.8. The molecule has 0 aliphatic heterocycles. The predicted molar refractivity (Wildman–Crippen MR) is 209 cm³/mol. The van der Waals surface area contributed by atoms with Crippen molar-refractivity contribution < 1.29 is 0 Å². The molecule has 0 saturated heterocycles. The van der Waals surface area contributed by atoms with E-state index in [1.54, 1.807) is 0 Å². The van der Waals surface area contributed by atoms with Crippen molar-refractivity contribution >= 4 is 48.5 Å². The molecule has 0 unspecified atom stereocenters. The molecule has 9 aromatic rings. The summed E-state index contributed by atoms with van der Waals surface area (Å²) in [4.78, 5) is 15.1. The number of thiophene rings is 1. The van der Waals surface area contributed by atoms with Gasteiger partial charge in [-0.25, -0.2) is 15.0 Å². The number of nitrogens with zero attached hydrogens (tertiary/aromatic N) is 4. The highest BCUT2D eigenvalue weighted by Crippen LogP contribution is 2.44. The largest absolute Gasteiger partial charge is 0.313 e. The van der Waals surface area contributed by atoms with Gasteiger partial charge in [0, 0.05) is 59.2 Å². The number of hydrogen-bond donors (Lipinski definition) is 0. The number of hydrogen-bond acceptors (Lipinski definition) is 4. The van der Waals surface area contributed by atoms with Crippen LogP contribution in [0.5, 0.6) is 0 Å². The smallest absolute Gasteiger partial charge is 0.164 e. The van der Waals surface area contributed by atoms with Crippen molar-refractivity contribution in [2.45, 2.75) is 12.8 Å². The summed E-state index contributed by atoms with van der Waals surface area (Å²) in [5.74, 6) is 1.96. The van der Waals surface area contributed by atoms with Gasteiger partial charge in [0.15, 0.2) is 17.5 Å². The Morgan fingerprint density at radius 3 is 1.92 bits per heavy atom. The van der Waals surface area contributed by atoms with Crippen molar-refractivity contribution in [3.05, 3.63) is 163 Å². The van der Waals surface area contributed by atoms with Crippen LogP contribution >= 0.6 is 11.3 Å². The summed E-state index contributed by atoms with van der Waals surface area (Å²) >= 11 is 1.90.